The van der Waals surface area contributed by atoms with E-state index in [4.69, 9.17) is 15.9 Å². The van der Waals surface area contributed by atoms with E-state index in [2.05, 4.69) is 31.7 Å². The molecule has 2 N–H and O–H groups in total. The number of methoxy groups -OCH3 is 1. The van der Waals surface area contributed by atoms with E-state index in [-0.39, 0.29) is 12.5 Å². The Labute approximate surface area is 219 Å². The maximum Gasteiger partial charge on any atom is 0.246 e. The number of ether oxygens (including phenoxy) is 2. The van der Waals surface area contributed by atoms with Crippen molar-refractivity contribution in [2.45, 2.75) is 19.9 Å². The van der Waals surface area contributed by atoms with Crippen molar-refractivity contribution in [1.82, 2.24) is 24.6 Å². The van der Waals surface area contributed by atoms with Crippen LogP contribution in [-0.2, 0) is 11.3 Å². The molecule has 0 aliphatic heterocycles. The molecule has 0 saturated heterocycles. The van der Waals surface area contributed by atoms with Gasteiger partial charge in [0.1, 0.15) is 24.5 Å². The number of rotatable bonds is 12. The van der Waals surface area contributed by atoms with Gasteiger partial charge in [-0.3, -0.25) is 9.48 Å². The van der Waals surface area contributed by atoms with Gasteiger partial charge < -0.3 is 25.0 Å². The van der Waals surface area contributed by atoms with Crippen molar-refractivity contribution in [2.24, 2.45) is 0 Å². The van der Waals surface area contributed by atoms with Gasteiger partial charge in [0.2, 0.25) is 5.91 Å². The van der Waals surface area contributed by atoms with Crippen LogP contribution in [0.4, 0.5) is 21.6 Å². The second-order valence-electron chi connectivity index (χ2n) is 8.26. The van der Waals surface area contributed by atoms with Gasteiger partial charge in [0.25, 0.3) is 0 Å². The van der Waals surface area contributed by atoms with Gasteiger partial charge in [-0.15, -0.1) is 0 Å². The lowest BCUT2D eigenvalue weighted by molar-refractivity contribution is -0.116. The fourth-order valence-electron chi connectivity index (χ4n) is 3.75. The van der Waals surface area contributed by atoms with E-state index in [0.717, 1.165) is 24.9 Å². The van der Waals surface area contributed by atoms with Crippen molar-refractivity contribution in [3.05, 3.63) is 60.9 Å². The Hall–Kier alpha value is -4.85. The second kappa shape index (κ2) is 12.4. The number of fused-ring (bicyclic) bond motifs is 1. The van der Waals surface area contributed by atoms with E-state index in [1.807, 2.05) is 17.9 Å². The first-order chi connectivity index (χ1) is 18.5. The minimum atomic E-state index is -0.427. The van der Waals surface area contributed by atoms with Crippen LogP contribution >= 0.6 is 0 Å². The molecule has 196 valence electrons. The standard InChI is InChI=1S/C27H28FN7O3/c1-4-34(5-2)10-7-11-38-25-14-23-22(13-24(25)37-3)27(30-18-29-23)33-21-15-31-35(16-21)17-26(36)32-20-9-6-8-19(28)12-20/h1,6,8-9,12-16,18H,5,7,10-11,17H2,2-3H3,(H,32,36)(H,29,30,33). The lowest BCUT2D eigenvalue weighted by atomic mass is 10.2. The quantitative estimate of drug-likeness (QED) is 0.165. The number of amides is 1. The van der Waals surface area contributed by atoms with Crippen molar-refractivity contribution < 1.29 is 18.7 Å². The zero-order chi connectivity index (χ0) is 26.9. The molecule has 0 radical (unpaired) electrons. The molecule has 10 nitrogen and oxygen atoms in total. The molecule has 0 aliphatic rings. The summed E-state index contributed by atoms with van der Waals surface area (Å²) >= 11 is 0. The highest BCUT2D eigenvalue weighted by molar-refractivity contribution is 5.93. The summed E-state index contributed by atoms with van der Waals surface area (Å²) in [6.07, 6.45) is 10.9. The van der Waals surface area contributed by atoms with Gasteiger partial charge in [-0.05, 0) is 37.6 Å². The van der Waals surface area contributed by atoms with Crippen LogP contribution in [0.15, 0.2) is 55.1 Å². The number of terminal acetylenes is 1. The largest absolute Gasteiger partial charge is 0.493 e. The molecule has 0 bridgehead atoms. The lowest BCUT2D eigenvalue weighted by Crippen LogP contribution is -2.20. The molecule has 2 aromatic heterocycles. The third-order valence-electron chi connectivity index (χ3n) is 5.62. The monoisotopic (exact) mass is 517 g/mol. The van der Waals surface area contributed by atoms with Gasteiger partial charge in [-0.2, -0.15) is 5.10 Å². The lowest BCUT2D eigenvalue weighted by Gasteiger charge is -2.16. The van der Waals surface area contributed by atoms with Crippen LogP contribution < -0.4 is 20.1 Å². The summed E-state index contributed by atoms with van der Waals surface area (Å²) < 4.78 is 26.3. The number of carbonyl (C=O) groups excluding carboxylic acids is 1. The second-order valence-corrected chi connectivity index (χ2v) is 8.26. The third-order valence-corrected chi connectivity index (χ3v) is 5.62. The Morgan fingerprint density at radius 2 is 2.08 bits per heavy atom. The van der Waals surface area contributed by atoms with Gasteiger partial charge in [-0.1, -0.05) is 12.5 Å². The zero-order valence-corrected chi connectivity index (χ0v) is 21.1. The molecule has 2 heterocycles. The van der Waals surface area contributed by atoms with Gasteiger partial charge in [0.15, 0.2) is 11.5 Å². The van der Waals surface area contributed by atoms with Crippen molar-refractivity contribution in [2.75, 3.05) is 37.4 Å². The van der Waals surface area contributed by atoms with E-state index in [0.29, 0.717) is 40.8 Å². The van der Waals surface area contributed by atoms with Crippen LogP contribution in [0.3, 0.4) is 0 Å². The van der Waals surface area contributed by atoms with E-state index in [9.17, 15) is 9.18 Å². The van der Waals surface area contributed by atoms with Crippen LogP contribution in [0.5, 0.6) is 11.5 Å². The molecule has 0 atom stereocenters. The molecule has 0 spiro atoms. The minimum Gasteiger partial charge on any atom is -0.493 e. The molecular weight excluding hydrogens is 489 g/mol. The fraction of sp³-hybridized carbons (Fsp3) is 0.259. The first-order valence-corrected chi connectivity index (χ1v) is 12.0. The maximum absolute atomic E-state index is 13.3. The van der Waals surface area contributed by atoms with Crippen molar-refractivity contribution in [3.8, 4) is 24.0 Å². The average molecular weight is 518 g/mol. The molecule has 4 aromatic rings. The zero-order valence-electron chi connectivity index (χ0n) is 21.1. The van der Waals surface area contributed by atoms with E-state index in [1.54, 1.807) is 31.6 Å². The number of halogens is 1. The van der Waals surface area contributed by atoms with Gasteiger partial charge >= 0.3 is 0 Å². The summed E-state index contributed by atoms with van der Waals surface area (Å²) in [5.41, 5.74) is 1.66. The Morgan fingerprint density at radius 3 is 2.84 bits per heavy atom. The minimum absolute atomic E-state index is 0.0470. The van der Waals surface area contributed by atoms with Crippen molar-refractivity contribution in [3.63, 3.8) is 0 Å². The SMILES string of the molecule is C#CN(CC)CCCOc1cc2ncnc(Nc3cnn(CC(=O)Nc4cccc(F)c4)c3)c2cc1OC. The van der Waals surface area contributed by atoms with Crippen LogP contribution in [0.1, 0.15) is 13.3 Å². The summed E-state index contributed by atoms with van der Waals surface area (Å²) in [7, 11) is 1.57. The number of nitrogens with one attached hydrogen (secondary N) is 2. The Bertz CT molecular complexity index is 1450. The van der Waals surface area contributed by atoms with Crippen molar-refractivity contribution >= 4 is 34.0 Å². The number of benzene rings is 2. The van der Waals surface area contributed by atoms with Gasteiger partial charge in [0, 0.05) is 42.5 Å². The van der Waals surface area contributed by atoms with E-state index >= 15 is 0 Å². The molecule has 0 aliphatic carbocycles. The smallest absolute Gasteiger partial charge is 0.246 e. The van der Waals surface area contributed by atoms with E-state index in [1.165, 1.54) is 29.2 Å². The number of hydrogen-bond donors (Lipinski definition) is 2. The summed E-state index contributed by atoms with van der Waals surface area (Å²) in [6.45, 7) is 3.95. The molecule has 2 aromatic carbocycles. The predicted octanol–water partition coefficient (Wildman–Crippen LogP) is 4.04. The highest BCUT2D eigenvalue weighted by Crippen LogP contribution is 2.34. The number of anilines is 3. The highest BCUT2D eigenvalue weighted by Gasteiger charge is 2.13. The Balaban J connectivity index is 1.43. The normalized spacial score (nSPS) is 10.6. The molecule has 1 amide bonds. The molecule has 38 heavy (non-hydrogen) atoms. The first kappa shape index (κ1) is 26.2. The maximum atomic E-state index is 13.3. The Morgan fingerprint density at radius 1 is 1.21 bits per heavy atom. The molecule has 0 saturated carbocycles. The number of aromatic nitrogens is 4. The van der Waals surface area contributed by atoms with Crippen LogP contribution in [0, 0.1) is 18.3 Å². The van der Waals surface area contributed by atoms with Gasteiger partial charge in [0.05, 0.1) is 31.1 Å². The van der Waals surface area contributed by atoms with E-state index < -0.39 is 5.82 Å². The average Bonchev–Trinajstić information content (AvgIpc) is 3.34. The summed E-state index contributed by atoms with van der Waals surface area (Å²) in [4.78, 5) is 22.9. The van der Waals surface area contributed by atoms with Crippen LogP contribution in [0.25, 0.3) is 10.9 Å². The third kappa shape index (κ3) is 6.67. The topological polar surface area (TPSA) is 106 Å². The molecular formula is C27H28FN7O3. The predicted molar refractivity (Wildman–Crippen MR) is 143 cm³/mol. The first-order valence-electron chi connectivity index (χ1n) is 12.0. The van der Waals surface area contributed by atoms with Crippen molar-refractivity contribution in [1.29, 1.82) is 0 Å². The summed E-state index contributed by atoms with van der Waals surface area (Å²) in [5.74, 6) is 0.895. The summed E-state index contributed by atoms with van der Waals surface area (Å²) in [5, 5.41) is 10.8. The Kier molecular flexibility index (Phi) is 8.56. The fourth-order valence-corrected chi connectivity index (χ4v) is 3.75. The molecule has 4 rings (SSSR count). The molecule has 11 heteroatoms. The van der Waals surface area contributed by atoms with Gasteiger partial charge in [-0.25, -0.2) is 14.4 Å². The summed E-state index contributed by atoms with van der Waals surface area (Å²) in [6, 6.07) is 11.9. The number of carbonyl (C=O) groups is 1. The number of nitrogens with zero attached hydrogens (tertiary/aromatic N) is 5. The van der Waals surface area contributed by atoms with Crippen LogP contribution in [-0.4, -0.2) is 57.4 Å². The molecule has 0 fully saturated rings. The highest BCUT2D eigenvalue weighted by atomic mass is 19.1. The van der Waals surface area contributed by atoms with Crippen LogP contribution in [0.2, 0.25) is 0 Å². The number of hydrogen-bond acceptors (Lipinski definition) is 8. The molecule has 0 unspecified atom stereocenters.